The smallest absolute Gasteiger partial charge is 0.142 e. The van der Waals surface area contributed by atoms with E-state index in [4.69, 9.17) is 15.3 Å². The highest BCUT2D eigenvalue weighted by molar-refractivity contribution is 5.68. The van der Waals surface area contributed by atoms with E-state index < -0.39 is 12.2 Å². The molecule has 2 fully saturated rings. The highest BCUT2D eigenvalue weighted by Gasteiger charge is 2.19. The van der Waals surface area contributed by atoms with Crippen LogP contribution in [0.4, 0.5) is 0 Å². The summed E-state index contributed by atoms with van der Waals surface area (Å²) in [7, 11) is 0. The number of hydrogen-bond acceptors (Lipinski definition) is 5. The first kappa shape index (κ1) is 37.1. The summed E-state index contributed by atoms with van der Waals surface area (Å²) in [6.45, 7) is 0. The predicted octanol–water partition coefficient (Wildman–Crippen LogP) is 1.21. The summed E-state index contributed by atoms with van der Waals surface area (Å²) in [6, 6.07) is 12.0. The van der Waals surface area contributed by atoms with Crippen molar-refractivity contribution in [2.24, 2.45) is 0 Å². The molecule has 2 aliphatic carbocycles. The molecule has 1 aromatic carbocycles. The third-order valence-corrected chi connectivity index (χ3v) is 4.43. The molecule has 2 aliphatic rings. The van der Waals surface area contributed by atoms with Gasteiger partial charge in [0.05, 0.1) is 18.3 Å². The van der Waals surface area contributed by atoms with Crippen LogP contribution in [0.5, 0.6) is 0 Å². The number of aliphatic hydroxyl groups is 3. The zero-order valence-corrected chi connectivity index (χ0v) is 18.8. The first-order chi connectivity index (χ1) is 14.1. The quantitative estimate of drug-likeness (QED) is 0.264. The summed E-state index contributed by atoms with van der Waals surface area (Å²) in [4.78, 5) is 19.1. The van der Waals surface area contributed by atoms with Crippen molar-refractivity contribution < 1.29 is 41.3 Å². The van der Waals surface area contributed by atoms with Gasteiger partial charge in [0, 0.05) is 0 Å². The average molecular weight is 460 g/mol. The van der Waals surface area contributed by atoms with E-state index >= 15 is 0 Å². The van der Waals surface area contributed by atoms with Gasteiger partial charge in [0.2, 0.25) is 0 Å². The van der Waals surface area contributed by atoms with Gasteiger partial charge in [-0.25, -0.2) is 0 Å². The molecule has 0 bridgehead atoms. The number of carbonyl (C=O) groups is 2. The number of aliphatic hydroxyl groups excluding tert-OH is 3. The molecule has 1 aromatic rings. The second-order valence-corrected chi connectivity index (χ2v) is 6.91. The van der Waals surface area contributed by atoms with E-state index in [2.05, 4.69) is 0 Å². The minimum Gasteiger partial charge on any atom is -0.457 e. The first-order valence-electron chi connectivity index (χ1n) is 10.4. The molecule has 0 radical (unpaired) electrons. The standard InChI is InChI=1S/C6H12O2.C6H6O2.C6H12O.C6H6.3H2O/c7-5-3-1-2-4-6(5)8;7-5-3-1-2-4-6-8;7-6-4-2-1-3-5-6;1-2-4-6-5-3-1;;;/h5-8H,1-4H2;1-6H;6-7H,1-5H2;1-6H;3*1H2/p+1/b;3-1-,4-2-;;;;;. The van der Waals surface area contributed by atoms with Crippen LogP contribution in [-0.2, 0) is 15.1 Å². The van der Waals surface area contributed by atoms with Gasteiger partial charge in [-0.3, -0.25) is 9.59 Å². The SMILES string of the molecule is O.O.O=C/C=C\C=C/C=O.OC1CCCCC1.OC1CCCCC1O.[OH3+].c1ccccc1. The molecule has 0 heterocycles. The Labute approximate surface area is 191 Å². The molecule has 32 heavy (non-hydrogen) atoms. The molecule has 8 nitrogen and oxygen atoms in total. The molecule has 186 valence electrons. The summed E-state index contributed by atoms with van der Waals surface area (Å²) >= 11 is 0. The van der Waals surface area contributed by atoms with Crippen LogP contribution in [0.25, 0.3) is 0 Å². The Kier molecular flexibility index (Phi) is 33.4. The van der Waals surface area contributed by atoms with Gasteiger partial charge in [0.1, 0.15) is 12.6 Å². The molecule has 0 amide bonds. The van der Waals surface area contributed by atoms with Crippen molar-refractivity contribution in [3.63, 3.8) is 0 Å². The lowest BCUT2D eigenvalue weighted by molar-refractivity contribution is -0.104. The van der Waals surface area contributed by atoms with E-state index in [0.29, 0.717) is 12.6 Å². The summed E-state index contributed by atoms with van der Waals surface area (Å²) in [5.41, 5.74) is 0. The highest BCUT2D eigenvalue weighted by Crippen LogP contribution is 2.17. The van der Waals surface area contributed by atoms with Crippen molar-refractivity contribution in [1.82, 2.24) is 0 Å². The maximum absolute atomic E-state index is 9.56. The average Bonchev–Trinajstić information content (AvgIpc) is 2.77. The molecule has 0 spiro atoms. The van der Waals surface area contributed by atoms with Gasteiger partial charge in [-0.2, -0.15) is 0 Å². The van der Waals surface area contributed by atoms with Crippen molar-refractivity contribution in [3.05, 3.63) is 60.7 Å². The van der Waals surface area contributed by atoms with Crippen LogP contribution in [0, 0.1) is 0 Å². The van der Waals surface area contributed by atoms with Crippen LogP contribution in [0.1, 0.15) is 57.8 Å². The molecule has 0 saturated heterocycles. The molecule has 2 unspecified atom stereocenters. The van der Waals surface area contributed by atoms with Crippen LogP contribution in [0.3, 0.4) is 0 Å². The number of benzene rings is 1. The van der Waals surface area contributed by atoms with Gasteiger partial charge in [0.15, 0.2) is 0 Å². The molecule has 0 aliphatic heterocycles. The Hall–Kier alpha value is -2.20. The summed E-state index contributed by atoms with van der Waals surface area (Å²) in [6.07, 6.45) is 15.6. The number of carbonyl (C=O) groups excluding carboxylic acids is 2. The Balaban J connectivity index is -0.000000159. The lowest BCUT2D eigenvalue weighted by Gasteiger charge is -2.22. The van der Waals surface area contributed by atoms with E-state index in [9.17, 15) is 9.59 Å². The van der Waals surface area contributed by atoms with E-state index in [1.807, 2.05) is 36.4 Å². The van der Waals surface area contributed by atoms with Crippen LogP contribution < -0.4 is 0 Å². The molecular formula is C24H43O8+. The highest BCUT2D eigenvalue weighted by atomic mass is 16.3. The fourth-order valence-corrected chi connectivity index (χ4v) is 2.78. The lowest BCUT2D eigenvalue weighted by atomic mass is 9.95. The monoisotopic (exact) mass is 459 g/mol. The number of aldehydes is 2. The van der Waals surface area contributed by atoms with Gasteiger partial charge in [-0.05, 0) is 37.8 Å². The van der Waals surface area contributed by atoms with Crippen LogP contribution in [-0.4, -0.2) is 57.2 Å². The molecule has 10 N–H and O–H groups in total. The van der Waals surface area contributed by atoms with E-state index in [0.717, 1.165) is 38.5 Å². The van der Waals surface area contributed by atoms with E-state index in [1.165, 1.54) is 43.6 Å². The third-order valence-electron chi connectivity index (χ3n) is 4.43. The fourth-order valence-electron chi connectivity index (χ4n) is 2.78. The summed E-state index contributed by atoms with van der Waals surface area (Å²) in [5.74, 6) is 0. The zero-order valence-electron chi connectivity index (χ0n) is 18.8. The van der Waals surface area contributed by atoms with Crippen LogP contribution >= 0.6 is 0 Å². The van der Waals surface area contributed by atoms with Crippen molar-refractivity contribution in [2.45, 2.75) is 76.1 Å². The predicted molar refractivity (Wildman–Crippen MR) is 129 cm³/mol. The van der Waals surface area contributed by atoms with E-state index in [-0.39, 0.29) is 22.5 Å². The molecule has 2 saturated carbocycles. The number of rotatable bonds is 3. The number of hydrogen-bond donors (Lipinski definition) is 3. The maximum Gasteiger partial charge on any atom is 0.142 e. The second-order valence-electron chi connectivity index (χ2n) is 6.91. The van der Waals surface area contributed by atoms with Gasteiger partial charge in [-0.1, -0.05) is 80.7 Å². The normalized spacial score (nSPS) is 19.6. The lowest BCUT2D eigenvalue weighted by Crippen LogP contribution is -2.28. The largest absolute Gasteiger partial charge is 0.457 e. The molecule has 2 atom stereocenters. The second kappa shape index (κ2) is 28.8. The molecular weight excluding hydrogens is 416 g/mol. The number of allylic oxidation sites excluding steroid dienone is 4. The maximum atomic E-state index is 9.56. The van der Waals surface area contributed by atoms with Crippen molar-refractivity contribution in [2.75, 3.05) is 0 Å². The third kappa shape index (κ3) is 25.8. The van der Waals surface area contributed by atoms with Crippen LogP contribution in [0.2, 0.25) is 0 Å². The molecule has 0 aromatic heterocycles. The van der Waals surface area contributed by atoms with Gasteiger partial charge in [0.25, 0.3) is 0 Å². The first-order valence-corrected chi connectivity index (χ1v) is 10.4. The van der Waals surface area contributed by atoms with Gasteiger partial charge >= 0.3 is 0 Å². The Morgan fingerprint density at radius 3 is 1.06 bits per heavy atom. The molecule has 3 rings (SSSR count). The Morgan fingerprint density at radius 2 is 0.844 bits per heavy atom. The van der Waals surface area contributed by atoms with Crippen molar-refractivity contribution >= 4 is 12.6 Å². The minimum atomic E-state index is -0.441. The van der Waals surface area contributed by atoms with Crippen LogP contribution in [0.15, 0.2) is 60.7 Å². The van der Waals surface area contributed by atoms with Crippen molar-refractivity contribution in [1.29, 1.82) is 0 Å². The van der Waals surface area contributed by atoms with E-state index in [1.54, 1.807) is 0 Å². The summed E-state index contributed by atoms with van der Waals surface area (Å²) < 4.78 is 0. The minimum absolute atomic E-state index is 0. The van der Waals surface area contributed by atoms with Gasteiger partial charge in [-0.15, -0.1) is 0 Å². The zero-order chi connectivity index (χ0) is 21.6. The molecule has 8 heteroatoms. The van der Waals surface area contributed by atoms with Gasteiger partial charge < -0.3 is 31.7 Å². The summed E-state index contributed by atoms with van der Waals surface area (Å²) in [5, 5.41) is 26.8. The topological polar surface area (TPSA) is 191 Å². The van der Waals surface area contributed by atoms with Crippen molar-refractivity contribution in [3.8, 4) is 0 Å². The Morgan fingerprint density at radius 1 is 0.531 bits per heavy atom. The fraction of sp³-hybridized carbons (Fsp3) is 0.500. The Bertz CT molecular complexity index is 489.